The van der Waals surface area contributed by atoms with Gasteiger partial charge in [0.1, 0.15) is 6.10 Å². The lowest BCUT2D eigenvalue weighted by molar-refractivity contribution is -0.273. The second-order valence-corrected chi connectivity index (χ2v) is 6.22. The molecule has 1 aliphatic rings. The monoisotopic (exact) mass is 318 g/mol. The van der Waals surface area contributed by atoms with Crippen molar-refractivity contribution >= 4 is 5.97 Å². The maximum atomic E-state index is 11.4. The van der Waals surface area contributed by atoms with Gasteiger partial charge in [0.25, 0.3) is 0 Å². The Balaban J connectivity index is 2.28. The van der Waals surface area contributed by atoms with Crippen LogP contribution in [-0.4, -0.2) is 53.5 Å². The lowest BCUT2D eigenvalue weighted by Gasteiger charge is -2.36. The lowest BCUT2D eigenvalue weighted by Crippen LogP contribution is -2.48. The van der Waals surface area contributed by atoms with Crippen LogP contribution in [0.25, 0.3) is 0 Å². The van der Waals surface area contributed by atoms with Gasteiger partial charge in [-0.1, -0.05) is 6.92 Å². The third-order valence-electron chi connectivity index (χ3n) is 3.94. The predicted molar refractivity (Wildman–Crippen MR) is 81.2 cm³/mol. The zero-order chi connectivity index (χ0) is 16.7. The molecule has 130 valence electrons. The van der Waals surface area contributed by atoms with Crippen molar-refractivity contribution in [3.8, 4) is 0 Å². The Morgan fingerprint density at radius 3 is 2.59 bits per heavy atom. The Bertz CT molecular complexity index is 335. The fraction of sp³-hybridized carbons (Fsp3) is 0.938. The molecule has 0 unspecified atom stereocenters. The van der Waals surface area contributed by atoms with Crippen LogP contribution in [0.3, 0.4) is 0 Å². The standard InChI is InChI=1S/C16H30O6/c1-5-20-15(19)8-10(2)6-7-11(3)21-16-14(18)9-13(17)12(4)22-16/h10-14,16-18H,5-9H2,1-4H3/t10-,11+,12-,13+,14+,16+/m0/s1. The molecule has 1 rings (SSSR count). The van der Waals surface area contributed by atoms with E-state index in [-0.39, 0.29) is 30.5 Å². The molecule has 1 fully saturated rings. The van der Waals surface area contributed by atoms with E-state index in [1.807, 2.05) is 13.8 Å². The van der Waals surface area contributed by atoms with Gasteiger partial charge < -0.3 is 24.4 Å². The van der Waals surface area contributed by atoms with Gasteiger partial charge >= 0.3 is 5.97 Å². The molecule has 0 amide bonds. The zero-order valence-corrected chi connectivity index (χ0v) is 14.0. The highest BCUT2D eigenvalue weighted by Crippen LogP contribution is 2.23. The smallest absolute Gasteiger partial charge is 0.306 e. The first-order valence-corrected chi connectivity index (χ1v) is 8.16. The van der Waals surface area contributed by atoms with E-state index in [9.17, 15) is 15.0 Å². The summed E-state index contributed by atoms with van der Waals surface area (Å²) < 4.78 is 16.1. The lowest BCUT2D eigenvalue weighted by atomic mass is 10.00. The number of hydrogen-bond donors (Lipinski definition) is 2. The van der Waals surface area contributed by atoms with Gasteiger partial charge in [0, 0.05) is 12.8 Å². The molecule has 0 aromatic heterocycles. The van der Waals surface area contributed by atoms with Gasteiger partial charge in [-0.25, -0.2) is 0 Å². The van der Waals surface area contributed by atoms with E-state index in [4.69, 9.17) is 14.2 Å². The fourth-order valence-corrected chi connectivity index (χ4v) is 2.49. The van der Waals surface area contributed by atoms with Crippen LogP contribution in [0.2, 0.25) is 0 Å². The highest BCUT2D eigenvalue weighted by molar-refractivity contribution is 5.69. The Labute approximate surface area is 132 Å². The third kappa shape index (κ3) is 6.60. The number of aliphatic hydroxyl groups is 2. The Morgan fingerprint density at radius 2 is 1.95 bits per heavy atom. The van der Waals surface area contributed by atoms with Crippen LogP contribution in [-0.2, 0) is 19.0 Å². The van der Waals surface area contributed by atoms with Crippen molar-refractivity contribution in [2.24, 2.45) is 5.92 Å². The topological polar surface area (TPSA) is 85.2 Å². The molecule has 6 nitrogen and oxygen atoms in total. The number of rotatable bonds is 8. The van der Waals surface area contributed by atoms with Crippen LogP contribution in [0.1, 0.15) is 53.4 Å². The van der Waals surface area contributed by atoms with Crippen LogP contribution in [0.15, 0.2) is 0 Å². The molecule has 6 atom stereocenters. The molecule has 0 saturated carbocycles. The summed E-state index contributed by atoms with van der Waals surface area (Å²) in [4.78, 5) is 11.4. The zero-order valence-electron chi connectivity index (χ0n) is 14.0. The van der Waals surface area contributed by atoms with E-state index in [0.29, 0.717) is 13.0 Å². The van der Waals surface area contributed by atoms with Crippen molar-refractivity contribution in [3.63, 3.8) is 0 Å². The fourth-order valence-electron chi connectivity index (χ4n) is 2.49. The minimum atomic E-state index is -0.814. The molecular weight excluding hydrogens is 288 g/mol. The van der Waals surface area contributed by atoms with Crippen molar-refractivity contribution in [3.05, 3.63) is 0 Å². The summed E-state index contributed by atoms with van der Waals surface area (Å²) in [5.74, 6) is 0.0560. The molecule has 22 heavy (non-hydrogen) atoms. The number of aliphatic hydroxyl groups excluding tert-OH is 2. The summed E-state index contributed by atoms with van der Waals surface area (Å²) in [6.07, 6.45) is -0.334. The maximum Gasteiger partial charge on any atom is 0.306 e. The van der Waals surface area contributed by atoms with E-state index in [1.54, 1.807) is 13.8 Å². The van der Waals surface area contributed by atoms with Gasteiger partial charge in [0.05, 0.1) is 24.9 Å². The SMILES string of the molecule is CCOC(=O)C[C@@H](C)CC[C@@H](C)O[C@@H]1O[C@@H](C)[C@H](O)C[C@H]1O. The van der Waals surface area contributed by atoms with E-state index in [1.165, 1.54) is 0 Å². The van der Waals surface area contributed by atoms with Crippen LogP contribution in [0.4, 0.5) is 0 Å². The van der Waals surface area contributed by atoms with Gasteiger partial charge in [-0.15, -0.1) is 0 Å². The van der Waals surface area contributed by atoms with Gasteiger partial charge in [-0.2, -0.15) is 0 Å². The van der Waals surface area contributed by atoms with E-state index >= 15 is 0 Å². The van der Waals surface area contributed by atoms with Crippen LogP contribution in [0, 0.1) is 5.92 Å². The molecule has 1 heterocycles. The summed E-state index contributed by atoms with van der Waals surface area (Å²) >= 11 is 0. The first kappa shape index (κ1) is 19.4. The number of carbonyl (C=O) groups is 1. The summed E-state index contributed by atoms with van der Waals surface area (Å²) in [6.45, 7) is 7.90. The van der Waals surface area contributed by atoms with E-state index < -0.39 is 18.5 Å². The normalized spacial score (nSPS) is 31.5. The van der Waals surface area contributed by atoms with Gasteiger partial charge in [0.15, 0.2) is 6.29 Å². The molecule has 0 aromatic rings. The van der Waals surface area contributed by atoms with Crippen molar-refractivity contribution in [1.82, 2.24) is 0 Å². The van der Waals surface area contributed by atoms with Crippen molar-refractivity contribution < 1.29 is 29.2 Å². The third-order valence-corrected chi connectivity index (χ3v) is 3.94. The second-order valence-electron chi connectivity index (χ2n) is 6.22. The number of carbonyl (C=O) groups excluding carboxylic acids is 1. The van der Waals surface area contributed by atoms with E-state index in [2.05, 4.69) is 0 Å². The summed E-state index contributed by atoms with van der Waals surface area (Å²) in [5, 5.41) is 19.5. The van der Waals surface area contributed by atoms with Crippen molar-refractivity contribution in [1.29, 1.82) is 0 Å². The minimum Gasteiger partial charge on any atom is -0.466 e. The molecule has 0 bridgehead atoms. The van der Waals surface area contributed by atoms with Gasteiger partial charge in [-0.05, 0) is 39.5 Å². The molecule has 0 radical (unpaired) electrons. The molecule has 0 spiro atoms. The summed E-state index contributed by atoms with van der Waals surface area (Å²) in [5.41, 5.74) is 0. The first-order valence-electron chi connectivity index (χ1n) is 8.16. The first-order chi connectivity index (χ1) is 10.3. The van der Waals surface area contributed by atoms with Gasteiger partial charge in [0.2, 0.25) is 0 Å². The molecule has 0 aromatic carbocycles. The van der Waals surface area contributed by atoms with Crippen molar-refractivity contribution in [2.45, 2.75) is 84.1 Å². The summed E-state index contributed by atoms with van der Waals surface area (Å²) in [7, 11) is 0. The van der Waals surface area contributed by atoms with Crippen molar-refractivity contribution in [2.75, 3.05) is 6.61 Å². The summed E-state index contributed by atoms with van der Waals surface area (Å²) in [6, 6.07) is 0. The molecule has 1 aliphatic heterocycles. The van der Waals surface area contributed by atoms with E-state index in [0.717, 1.165) is 12.8 Å². The minimum absolute atomic E-state index is 0.0910. The molecule has 6 heteroatoms. The Kier molecular flexibility index (Phi) is 8.31. The molecule has 2 N–H and O–H groups in total. The Hall–Kier alpha value is -0.690. The highest BCUT2D eigenvalue weighted by atomic mass is 16.7. The predicted octanol–water partition coefficient (Wildman–Crippen LogP) is 1.62. The number of esters is 1. The van der Waals surface area contributed by atoms with Gasteiger partial charge in [-0.3, -0.25) is 4.79 Å². The largest absolute Gasteiger partial charge is 0.466 e. The maximum absolute atomic E-state index is 11.4. The average Bonchev–Trinajstić information content (AvgIpc) is 2.43. The molecular formula is C16H30O6. The molecule has 0 aliphatic carbocycles. The van der Waals surface area contributed by atoms with Crippen LogP contribution < -0.4 is 0 Å². The Morgan fingerprint density at radius 1 is 1.27 bits per heavy atom. The molecule has 1 saturated heterocycles. The van der Waals surface area contributed by atoms with Crippen LogP contribution in [0.5, 0.6) is 0 Å². The van der Waals surface area contributed by atoms with Crippen LogP contribution >= 0.6 is 0 Å². The quantitative estimate of drug-likeness (QED) is 0.662. The average molecular weight is 318 g/mol. The highest BCUT2D eigenvalue weighted by Gasteiger charge is 2.35. The number of hydrogen-bond acceptors (Lipinski definition) is 6. The second kappa shape index (κ2) is 9.45. The number of ether oxygens (including phenoxy) is 3.